The third kappa shape index (κ3) is 3.41. The molecule has 0 aliphatic heterocycles. The quantitative estimate of drug-likeness (QED) is 0.720. The summed E-state index contributed by atoms with van der Waals surface area (Å²) in [6.45, 7) is 5.57. The molecule has 1 unspecified atom stereocenters. The van der Waals surface area contributed by atoms with Crippen LogP contribution in [0.3, 0.4) is 0 Å². The molecule has 0 amide bonds. The second-order valence-electron chi connectivity index (χ2n) is 6.01. The number of hydrogen-bond donors (Lipinski definition) is 1. The predicted molar refractivity (Wildman–Crippen MR) is 94.8 cm³/mol. The average molecular weight is 320 g/mol. The molecular formula is C18H25NS2. The molecular weight excluding hydrogens is 294 g/mol. The Labute approximate surface area is 136 Å². The van der Waals surface area contributed by atoms with Gasteiger partial charge in [0.15, 0.2) is 0 Å². The molecule has 0 saturated carbocycles. The van der Waals surface area contributed by atoms with Crippen LogP contribution in [0.1, 0.15) is 64.4 Å². The van der Waals surface area contributed by atoms with Crippen molar-refractivity contribution in [2.24, 2.45) is 0 Å². The zero-order valence-electron chi connectivity index (χ0n) is 13.1. The van der Waals surface area contributed by atoms with E-state index in [-0.39, 0.29) is 0 Å². The molecule has 0 saturated heterocycles. The molecule has 21 heavy (non-hydrogen) atoms. The normalized spacial score (nSPS) is 16.5. The maximum atomic E-state index is 3.77. The molecule has 0 fully saturated rings. The van der Waals surface area contributed by atoms with Crippen molar-refractivity contribution in [2.45, 2.75) is 58.4 Å². The highest BCUT2D eigenvalue weighted by molar-refractivity contribution is 7.13. The molecule has 1 N–H and O–H groups in total. The number of rotatable bonds is 5. The van der Waals surface area contributed by atoms with Gasteiger partial charge in [-0.25, -0.2) is 0 Å². The summed E-state index contributed by atoms with van der Waals surface area (Å²) in [7, 11) is 0. The van der Waals surface area contributed by atoms with Crippen LogP contribution in [0, 0.1) is 6.92 Å². The van der Waals surface area contributed by atoms with Gasteiger partial charge in [0, 0.05) is 14.6 Å². The monoisotopic (exact) mass is 319 g/mol. The second kappa shape index (κ2) is 7.08. The van der Waals surface area contributed by atoms with E-state index in [1.807, 2.05) is 11.3 Å². The lowest BCUT2D eigenvalue weighted by Gasteiger charge is -2.17. The molecule has 2 aromatic rings. The van der Waals surface area contributed by atoms with E-state index in [4.69, 9.17) is 0 Å². The fourth-order valence-electron chi connectivity index (χ4n) is 3.12. The van der Waals surface area contributed by atoms with Crippen molar-refractivity contribution in [2.75, 3.05) is 6.54 Å². The van der Waals surface area contributed by atoms with Crippen molar-refractivity contribution in [3.8, 4) is 0 Å². The first-order valence-electron chi connectivity index (χ1n) is 8.18. The lowest BCUT2D eigenvalue weighted by atomic mass is 10.1. The van der Waals surface area contributed by atoms with Gasteiger partial charge in [-0.05, 0) is 74.2 Å². The number of nitrogens with one attached hydrogen (secondary N) is 1. The van der Waals surface area contributed by atoms with Gasteiger partial charge in [0.25, 0.3) is 0 Å². The third-order valence-corrected chi connectivity index (χ3v) is 6.70. The molecule has 3 heteroatoms. The summed E-state index contributed by atoms with van der Waals surface area (Å²) in [6, 6.07) is 5.15. The van der Waals surface area contributed by atoms with Gasteiger partial charge >= 0.3 is 0 Å². The largest absolute Gasteiger partial charge is 0.305 e. The molecule has 0 bridgehead atoms. The molecule has 1 aliphatic carbocycles. The summed E-state index contributed by atoms with van der Waals surface area (Å²) < 4.78 is 0. The van der Waals surface area contributed by atoms with Crippen LogP contribution in [0.4, 0.5) is 0 Å². The van der Waals surface area contributed by atoms with Crippen LogP contribution in [0.25, 0.3) is 0 Å². The van der Waals surface area contributed by atoms with E-state index in [2.05, 4.69) is 48.0 Å². The van der Waals surface area contributed by atoms with Crippen LogP contribution < -0.4 is 5.32 Å². The SMILES string of the molecule is CCCNC(c1cc2c(s1)CCCCC2)c1sccc1C. The van der Waals surface area contributed by atoms with Crippen LogP contribution in [-0.2, 0) is 12.8 Å². The average Bonchev–Trinajstić information content (AvgIpc) is 3.01. The Balaban J connectivity index is 1.91. The van der Waals surface area contributed by atoms with Crippen molar-refractivity contribution in [1.82, 2.24) is 5.32 Å². The standard InChI is InChI=1S/C18H25NS2/c1-3-10-19-17(18-13(2)9-11-20-18)16-12-14-7-5-4-6-8-15(14)21-16/h9,11-12,17,19H,3-8,10H2,1-2H3. The molecule has 2 aromatic heterocycles. The first-order chi connectivity index (χ1) is 10.3. The number of thiophene rings is 2. The Morgan fingerprint density at radius 3 is 2.86 bits per heavy atom. The fraction of sp³-hybridized carbons (Fsp3) is 0.556. The molecule has 114 valence electrons. The lowest BCUT2D eigenvalue weighted by Crippen LogP contribution is -2.22. The van der Waals surface area contributed by atoms with Gasteiger partial charge in [0.1, 0.15) is 0 Å². The molecule has 1 aliphatic rings. The Morgan fingerprint density at radius 1 is 1.24 bits per heavy atom. The van der Waals surface area contributed by atoms with E-state index in [1.54, 1.807) is 10.4 Å². The highest BCUT2D eigenvalue weighted by Gasteiger charge is 2.21. The third-order valence-electron chi connectivity index (χ3n) is 4.31. The minimum absolute atomic E-state index is 0.405. The van der Waals surface area contributed by atoms with E-state index >= 15 is 0 Å². The van der Waals surface area contributed by atoms with Gasteiger partial charge < -0.3 is 5.32 Å². The van der Waals surface area contributed by atoms with E-state index < -0.39 is 0 Å². The molecule has 0 aromatic carbocycles. The summed E-state index contributed by atoms with van der Waals surface area (Å²) in [5.41, 5.74) is 3.06. The van der Waals surface area contributed by atoms with Crippen molar-refractivity contribution < 1.29 is 0 Å². The van der Waals surface area contributed by atoms with Gasteiger partial charge in [0.2, 0.25) is 0 Å². The highest BCUT2D eigenvalue weighted by Crippen LogP contribution is 2.37. The summed E-state index contributed by atoms with van der Waals surface area (Å²) >= 11 is 3.96. The van der Waals surface area contributed by atoms with E-state index in [0.29, 0.717) is 6.04 Å². The topological polar surface area (TPSA) is 12.0 Å². The van der Waals surface area contributed by atoms with Gasteiger partial charge in [0.05, 0.1) is 6.04 Å². The van der Waals surface area contributed by atoms with Crippen molar-refractivity contribution in [3.63, 3.8) is 0 Å². The van der Waals surface area contributed by atoms with Crippen molar-refractivity contribution >= 4 is 22.7 Å². The summed E-state index contributed by atoms with van der Waals surface area (Å²) in [5.74, 6) is 0. The van der Waals surface area contributed by atoms with E-state index in [1.165, 1.54) is 53.8 Å². The molecule has 1 atom stereocenters. The van der Waals surface area contributed by atoms with Crippen molar-refractivity contribution in [1.29, 1.82) is 0 Å². The van der Waals surface area contributed by atoms with Crippen LogP contribution in [0.15, 0.2) is 17.5 Å². The first-order valence-corrected chi connectivity index (χ1v) is 9.88. The predicted octanol–water partition coefficient (Wildman–Crippen LogP) is 5.48. The zero-order chi connectivity index (χ0) is 14.7. The minimum Gasteiger partial charge on any atom is -0.305 e. The van der Waals surface area contributed by atoms with Gasteiger partial charge in [-0.1, -0.05) is 13.3 Å². The zero-order valence-corrected chi connectivity index (χ0v) is 14.7. The molecule has 0 radical (unpaired) electrons. The number of hydrogen-bond acceptors (Lipinski definition) is 3. The van der Waals surface area contributed by atoms with Crippen LogP contribution in [0.2, 0.25) is 0 Å². The second-order valence-corrected chi connectivity index (χ2v) is 8.13. The summed E-state index contributed by atoms with van der Waals surface area (Å²) in [4.78, 5) is 4.68. The maximum Gasteiger partial charge on any atom is 0.0767 e. The summed E-state index contributed by atoms with van der Waals surface area (Å²) in [5, 5.41) is 6.00. The lowest BCUT2D eigenvalue weighted by molar-refractivity contribution is 0.610. The minimum atomic E-state index is 0.405. The Bertz CT molecular complexity index is 558. The highest BCUT2D eigenvalue weighted by atomic mass is 32.1. The van der Waals surface area contributed by atoms with Crippen molar-refractivity contribution in [3.05, 3.63) is 43.3 Å². The summed E-state index contributed by atoms with van der Waals surface area (Å²) in [6.07, 6.45) is 7.91. The van der Waals surface area contributed by atoms with Gasteiger partial charge in [-0.2, -0.15) is 0 Å². The molecule has 0 spiro atoms. The Morgan fingerprint density at radius 2 is 2.10 bits per heavy atom. The van der Waals surface area contributed by atoms with Gasteiger partial charge in [-0.15, -0.1) is 22.7 Å². The smallest absolute Gasteiger partial charge is 0.0767 e. The molecule has 3 rings (SSSR count). The van der Waals surface area contributed by atoms with Crippen LogP contribution in [0.5, 0.6) is 0 Å². The maximum absolute atomic E-state index is 3.77. The Hall–Kier alpha value is -0.640. The fourth-order valence-corrected chi connectivity index (χ4v) is 5.56. The molecule has 2 heterocycles. The number of aryl methyl sites for hydroxylation is 3. The number of fused-ring (bicyclic) bond motifs is 1. The molecule has 1 nitrogen and oxygen atoms in total. The van der Waals surface area contributed by atoms with E-state index in [9.17, 15) is 0 Å². The first kappa shape index (κ1) is 15.3. The van der Waals surface area contributed by atoms with E-state index in [0.717, 1.165) is 6.54 Å². The van der Waals surface area contributed by atoms with Gasteiger partial charge in [-0.3, -0.25) is 0 Å². The Kier molecular flexibility index (Phi) is 5.15. The van der Waals surface area contributed by atoms with Crippen LogP contribution in [-0.4, -0.2) is 6.54 Å². The van der Waals surface area contributed by atoms with Crippen LogP contribution >= 0.6 is 22.7 Å².